The molecule has 0 spiro atoms. The Hall–Kier alpha value is -5.20. The van der Waals surface area contributed by atoms with Crippen molar-refractivity contribution in [2.75, 3.05) is 0 Å². The molecule has 0 bridgehead atoms. The van der Waals surface area contributed by atoms with Crippen LogP contribution < -0.4 is 0 Å². The van der Waals surface area contributed by atoms with Crippen molar-refractivity contribution < 1.29 is 0 Å². The summed E-state index contributed by atoms with van der Waals surface area (Å²) in [7, 11) is 0. The van der Waals surface area contributed by atoms with Crippen LogP contribution in [-0.2, 0) is 25.7 Å². The number of fused-ring (bicyclic) bond motifs is 4. The minimum absolute atomic E-state index is 1.08. The van der Waals surface area contributed by atoms with Crippen LogP contribution in [0.15, 0.2) is 146 Å². The number of hydrogen-bond acceptors (Lipinski definition) is 0. The van der Waals surface area contributed by atoms with E-state index in [0.717, 1.165) is 25.7 Å². The summed E-state index contributed by atoms with van der Waals surface area (Å²) >= 11 is 0. The number of aryl methyl sites for hydroxylation is 4. The van der Waals surface area contributed by atoms with Crippen molar-refractivity contribution in [1.29, 1.82) is 0 Å². The molecule has 8 rings (SSSR count). The Labute approximate surface area is 260 Å². The number of benzene rings is 6. The average molecular weight is 563 g/mol. The maximum absolute atomic E-state index is 2.37. The third-order valence-corrected chi connectivity index (χ3v) is 9.33. The van der Waals surface area contributed by atoms with Crippen LogP contribution in [0, 0.1) is 0 Å². The molecular weight excluding hydrogens is 528 g/mol. The fourth-order valence-electron chi connectivity index (χ4n) is 7.02. The van der Waals surface area contributed by atoms with Crippen molar-refractivity contribution >= 4 is 23.3 Å². The second-order valence-electron chi connectivity index (χ2n) is 12.0. The van der Waals surface area contributed by atoms with Gasteiger partial charge in [0, 0.05) is 0 Å². The molecule has 2 aliphatic rings. The van der Waals surface area contributed by atoms with E-state index in [1.807, 2.05) is 0 Å². The SMILES string of the molecule is C(=C1c2ccccc2CCc2ccccc21)c1ccc(-c2ccc(C=C3c4ccccc4CCc4ccccc43)cc2)cc1. The zero-order valence-corrected chi connectivity index (χ0v) is 24.8. The number of hydrogen-bond donors (Lipinski definition) is 0. The van der Waals surface area contributed by atoms with Crippen LogP contribution in [0.1, 0.15) is 55.6 Å². The van der Waals surface area contributed by atoms with E-state index in [4.69, 9.17) is 0 Å². The molecule has 0 saturated carbocycles. The molecule has 0 fully saturated rings. The first-order chi connectivity index (χ1) is 21.8. The molecule has 44 heavy (non-hydrogen) atoms. The van der Waals surface area contributed by atoms with E-state index in [1.165, 1.54) is 77.9 Å². The van der Waals surface area contributed by atoms with Crippen LogP contribution in [0.4, 0.5) is 0 Å². The smallest absolute Gasteiger partial charge is 0.00999 e. The van der Waals surface area contributed by atoms with Gasteiger partial charge in [-0.15, -0.1) is 0 Å². The van der Waals surface area contributed by atoms with Crippen LogP contribution >= 0.6 is 0 Å². The normalized spacial score (nSPS) is 13.5. The minimum atomic E-state index is 1.08. The first-order valence-corrected chi connectivity index (χ1v) is 15.8. The molecule has 0 aliphatic heterocycles. The van der Waals surface area contributed by atoms with E-state index in [-0.39, 0.29) is 0 Å². The molecule has 0 nitrogen and oxygen atoms in total. The molecular formula is C44H34. The van der Waals surface area contributed by atoms with E-state index in [1.54, 1.807) is 0 Å². The second-order valence-corrected chi connectivity index (χ2v) is 12.0. The molecule has 0 N–H and O–H groups in total. The maximum Gasteiger partial charge on any atom is -0.00999 e. The van der Waals surface area contributed by atoms with E-state index >= 15 is 0 Å². The van der Waals surface area contributed by atoms with Crippen molar-refractivity contribution in [2.24, 2.45) is 0 Å². The predicted octanol–water partition coefficient (Wildman–Crippen LogP) is 10.7. The molecule has 0 radical (unpaired) electrons. The zero-order valence-electron chi connectivity index (χ0n) is 24.8. The highest BCUT2D eigenvalue weighted by molar-refractivity contribution is 5.95. The van der Waals surface area contributed by atoms with Crippen LogP contribution in [0.25, 0.3) is 34.4 Å². The van der Waals surface area contributed by atoms with Crippen molar-refractivity contribution in [2.45, 2.75) is 25.7 Å². The van der Waals surface area contributed by atoms with Gasteiger partial charge in [-0.3, -0.25) is 0 Å². The summed E-state index contributed by atoms with van der Waals surface area (Å²) in [6, 6.07) is 53.6. The lowest BCUT2D eigenvalue weighted by Gasteiger charge is -2.13. The van der Waals surface area contributed by atoms with Gasteiger partial charge in [0.25, 0.3) is 0 Å². The lowest BCUT2D eigenvalue weighted by molar-refractivity contribution is 0.965. The Balaban J connectivity index is 1.11. The molecule has 0 heterocycles. The predicted molar refractivity (Wildman–Crippen MR) is 186 cm³/mol. The maximum atomic E-state index is 2.37. The van der Waals surface area contributed by atoms with Crippen molar-refractivity contribution in [3.63, 3.8) is 0 Å². The molecule has 0 heteroatoms. The van der Waals surface area contributed by atoms with Crippen LogP contribution in [0.5, 0.6) is 0 Å². The average Bonchev–Trinajstić information content (AvgIpc) is 3.34. The largest absolute Gasteiger partial charge is 0.0620 e. The highest BCUT2D eigenvalue weighted by atomic mass is 14.2. The van der Waals surface area contributed by atoms with Gasteiger partial charge >= 0.3 is 0 Å². The van der Waals surface area contributed by atoms with Crippen molar-refractivity contribution in [3.8, 4) is 11.1 Å². The standard InChI is InChI=1S/C44H34/c1-5-13-39-35(9-1)25-26-36-10-2-6-14-40(36)43(39)29-31-17-21-33(22-18-31)34-23-19-32(20-24-34)30-44-41-15-7-3-11-37(41)27-28-38-12-4-8-16-42(38)44/h1-24,29-30H,25-28H2. The van der Waals surface area contributed by atoms with Gasteiger partial charge in [0.15, 0.2) is 0 Å². The summed E-state index contributed by atoms with van der Waals surface area (Å²) < 4.78 is 0. The molecule has 0 aromatic heterocycles. The Morgan fingerprint density at radius 1 is 0.295 bits per heavy atom. The summed E-state index contributed by atoms with van der Waals surface area (Å²) in [5.74, 6) is 0. The summed E-state index contributed by atoms with van der Waals surface area (Å²) in [5, 5.41) is 0. The van der Waals surface area contributed by atoms with Crippen LogP contribution in [-0.4, -0.2) is 0 Å². The Kier molecular flexibility index (Phi) is 6.89. The lowest BCUT2D eigenvalue weighted by atomic mass is 9.91. The van der Waals surface area contributed by atoms with Gasteiger partial charge in [-0.25, -0.2) is 0 Å². The van der Waals surface area contributed by atoms with Crippen molar-refractivity contribution in [3.05, 3.63) is 201 Å². The lowest BCUT2D eigenvalue weighted by Crippen LogP contribution is -1.92. The Morgan fingerprint density at radius 3 is 0.864 bits per heavy atom. The summed E-state index contributed by atoms with van der Waals surface area (Å²) in [6.07, 6.45) is 9.05. The summed E-state index contributed by atoms with van der Waals surface area (Å²) in [5.41, 5.74) is 18.7. The molecule has 210 valence electrons. The summed E-state index contributed by atoms with van der Waals surface area (Å²) in [6.45, 7) is 0. The summed E-state index contributed by atoms with van der Waals surface area (Å²) in [4.78, 5) is 0. The number of rotatable bonds is 3. The molecule has 0 unspecified atom stereocenters. The fourth-order valence-corrected chi connectivity index (χ4v) is 7.02. The van der Waals surface area contributed by atoms with E-state index < -0.39 is 0 Å². The highest BCUT2D eigenvalue weighted by Gasteiger charge is 2.19. The van der Waals surface area contributed by atoms with Gasteiger partial charge in [0.05, 0.1) is 0 Å². The van der Waals surface area contributed by atoms with Crippen LogP contribution in [0.2, 0.25) is 0 Å². The zero-order chi connectivity index (χ0) is 29.3. The van der Waals surface area contributed by atoms with Gasteiger partial charge in [-0.1, -0.05) is 146 Å². The van der Waals surface area contributed by atoms with E-state index in [0.29, 0.717) is 0 Å². The van der Waals surface area contributed by atoms with Gasteiger partial charge in [0.1, 0.15) is 0 Å². The van der Waals surface area contributed by atoms with E-state index in [9.17, 15) is 0 Å². The molecule has 0 saturated heterocycles. The first-order valence-electron chi connectivity index (χ1n) is 15.8. The Morgan fingerprint density at radius 2 is 0.568 bits per heavy atom. The Bertz CT molecular complexity index is 1780. The first kappa shape index (κ1) is 26.4. The molecule has 2 aliphatic carbocycles. The van der Waals surface area contributed by atoms with Gasteiger partial charge < -0.3 is 0 Å². The molecule has 0 atom stereocenters. The molecule has 6 aromatic rings. The van der Waals surface area contributed by atoms with Crippen molar-refractivity contribution in [1.82, 2.24) is 0 Å². The third kappa shape index (κ3) is 5.03. The van der Waals surface area contributed by atoms with Crippen LogP contribution in [0.3, 0.4) is 0 Å². The third-order valence-electron chi connectivity index (χ3n) is 9.33. The quantitative estimate of drug-likeness (QED) is 0.201. The van der Waals surface area contributed by atoms with Gasteiger partial charge in [-0.05, 0) is 116 Å². The monoisotopic (exact) mass is 562 g/mol. The molecule has 6 aromatic carbocycles. The second kappa shape index (κ2) is 11.5. The fraction of sp³-hybridized carbons (Fsp3) is 0.0909. The topological polar surface area (TPSA) is 0 Å². The minimum Gasteiger partial charge on any atom is -0.0620 e. The van der Waals surface area contributed by atoms with E-state index in [2.05, 4.69) is 158 Å². The molecule has 0 amide bonds. The van der Waals surface area contributed by atoms with Gasteiger partial charge in [0.2, 0.25) is 0 Å². The highest BCUT2D eigenvalue weighted by Crippen LogP contribution is 2.37. The van der Waals surface area contributed by atoms with Gasteiger partial charge in [-0.2, -0.15) is 0 Å².